The molecule has 0 saturated carbocycles. The Morgan fingerprint density at radius 3 is 2.40 bits per heavy atom. The molecule has 2 aromatic carbocycles. The predicted molar refractivity (Wildman–Crippen MR) is 160 cm³/mol. The molecule has 1 aliphatic heterocycles. The summed E-state index contributed by atoms with van der Waals surface area (Å²) in [4.78, 5) is 17.8. The summed E-state index contributed by atoms with van der Waals surface area (Å²) in [6.07, 6.45) is 4.72. The maximum Gasteiger partial charge on any atom is 0.255 e. The summed E-state index contributed by atoms with van der Waals surface area (Å²) in [6.45, 7) is 7.95. The number of anilines is 4. The summed E-state index contributed by atoms with van der Waals surface area (Å²) in [5.41, 5.74) is 11.2. The van der Waals surface area contributed by atoms with Gasteiger partial charge in [-0.05, 0) is 59.9 Å². The molecule has 0 bridgehead atoms. The first-order chi connectivity index (χ1) is 18.8. The Kier molecular flexibility index (Phi) is 7.94. The van der Waals surface area contributed by atoms with Crippen LogP contribution in [0.2, 0.25) is 0 Å². The number of nitrogens with zero attached hydrogens (tertiary/aromatic N) is 2. The number of carbonyl (C=O) groups is 1. The van der Waals surface area contributed by atoms with Crippen molar-refractivity contribution in [3.8, 4) is 5.75 Å². The molecule has 12 heteroatoms. The number of methoxy groups -OCH3 is 1. The molecule has 0 radical (unpaired) electrons. The Labute approximate surface area is 235 Å². The summed E-state index contributed by atoms with van der Waals surface area (Å²) in [5, 5.41) is 7.71. The number of rotatable bonds is 8. The lowest BCUT2D eigenvalue weighted by Crippen LogP contribution is -2.36. The molecule has 0 spiro atoms. The Balaban J connectivity index is 1.65. The van der Waals surface area contributed by atoms with Gasteiger partial charge in [0.25, 0.3) is 5.91 Å². The van der Waals surface area contributed by atoms with E-state index in [0.29, 0.717) is 11.3 Å². The quantitative estimate of drug-likeness (QED) is 0.272. The third-order valence-corrected chi connectivity index (χ3v) is 6.92. The highest BCUT2D eigenvalue weighted by Gasteiger charge is 2.23. The predicted octanol–water partition coefficient (Wildman–Crippen LogP) is 4.19. The summed E-state index contributed by atoms with van der Waals surface area (Å²) >= 11 is 0. The number of amides is 1. The van der Waals surface area contributed by atoms with Crippen LogP contribution in [-0.4, -0.2) is 39.7 Å². The van der Waals surface area contributed by atoms with Gasteiger partial charge in [0, 0.05) is 30.6 Å². The monoisotopic (exact) mass is 565 g/mol. The van der Waals surface area contributed by atoms with E-state index in [0.717, 1.165) is 40.1 Å². The van der Waals surface area contributed by atoms with Gasteiger partial charge in [-0.3, -0.25) is 14.5 Å². The van der Waals surface area contributed by atoms with Crippen LogP contribution in [0.5, 0.6) is 5.75 Å². The van der Waals surface area contributed by atoms with Crippen LogP contribution >= 0.6 is 0 Å². The number of nitrogens with one attached hydrogen (secondary N) is 5. The van der Waals surface area contributed by atoms with Crippen molar-refractivity contribution >= 4 is 44.5 Å². The number of hydrogen-bond donors (Lipinski definition) is 5. The minimum Gasteiger partial charge on any atom is -0.492 e. The van der Waals surface area contributed by atoms with Gasteiger partial charge < -0.3 is 20.8 Å². The number of aromatic nitrogens is 1. The molecular formula is C28H35N7O4S. The molecule has 0 aliphatic carbocycles. The molecule has 5 N–H and O–H groups in total. The zero-order chi connectivity index (χ0) is 29.2. The second-order valence-corrected chi connectivity index (χ2v) is 12.3. The molecule has 0 fully saturated rings. The van der Waals surface area contributed by atoms with Gasteiger partial charge in [0.1, 0.15) is 5.82 Å². The molecule has 2 heterocycles. The number of hydrogen-bond acceptors (Lipinski definition) is 9. The Morgan fingerprint density at radius 2 is 1.80 bits per heavy atom. The van der Waals surface area contributed by atoms with Crippen LogP contribution in [0.4, 0.5) is 22.9 Å². The SMILES string of the molecule is CNc1ccc(C2=CN(c3cc(C(=O)Nc4cc(C(C)(C)C)cc(NS(C)(=O)=O)c4OC)ccc3C)NN2)cn1. The van der Waals surface area contributed by atoms with Crippen molar-refractivity contribution in [1.82, 2.24) is 15.9 Å². The highest BCUT2D eigenvalue weighted by atomic mass is 32.2. The maximum absolute atomic E-state index is 13.5. The highest BCUT2D eigenvalue weighted by molar-refractivity contribution is 7.92. The van der Waals surface area contributed by atoms with Crippen LogP contribution in [0.15, 0.2) is 54.9 Å². The van der Waals surface area contributed by atoms with Crippen LogP contribution in [-0.2, 0) is 15.4 Å². The Morgan fingerprint density at radius 1 is 1.07 bits per heavy atom. The van der Waals surface area contributed by atoms with E-state index < -0.39 is 10.0 Å². The molecule has 1 amide bonds. The van der Waals surface area contributed by atoms with E-state index in [4.69, 9.17) is 4.74 Å². The number of aryl methyl sites for hydroxylation is 1. The lowest BCUT2D eigenvalue weighted by Gasteiger charge is -2.24. The maximum atomic E-state index is 13.5. The molecule has 40 heavy (non-hydrogen) atoms. The topological polar surface area (TPSA) is 137 Å². The molecule has 11 nitrogen and oxygen atoms in total. The molecule has 3 aromatic rings. The van der Waals surface area contributed by atoms with Crippen LogP contribution in [0.3, 0.4) is 0 Å². The zero-order valence-corrected chi connectivity index (χ0v) is 24.4. The lowest BCUT2D eigenvalue weighted by atomic mass is 9.86. The van der Waals surface area contributed by atoms with Crippen molar-refractivity contribution < 1.29 is 17.9 Å². The molecule has 212 valence electrons. The van der Waals surface area contributed by atoms with Gasteiger partial charge >= 0.3 is 0 Å². The molecular weight excluding hydrogens is 530 g/mol. The normalized spacial score (nSPS) is 13.4. The van der Waals surface area contributed by atoms with Crippen molar-refractivity contribution in [1.29, 1.82) is 0 Å². The lowest BCUT2D eigenvalue weighted by molar-refractivity contribution is 0.102. The Hall–Kier alpha value is -4.29. The van der Waals surface area contributed by atoms with E-state index in [1.165, 1.54) is 7.11 Å². The fourth-order valence-corrected chi connectivity index (χ4v) is 4.70. The summed E-state index contributed by atoms with van der Waals surface area (Å²) in [6, 6.07) is 12.7. The summed E-state index contributed by atoms with van der Waals surface area (Å²) in [5.74, 6) is 0.611. The number of hydrazine groups is 2. The number of ether oxygens (including phenoxy) is 1. The van der Waals surface area contributed by atoms with Crippen LogP contribution in [0.1, 0.15) is 47.8 Å². The van der Waals surface area contributed by atoms with Gasteiger partial charge in [0.2, 0.25) is 10.0 Å². The first-order valence-electron chi connectivity index (χ1n) is 12.6. The third-order valence-electron chi connectivity index (χ3n) is 6.33. The smallest absolute Gasteiger partial charge is 0.255 e. The highest BCUT2D eigenvalue weighted by Crippen LogP contribution is 2.39. The molecule has 1 aromatic heterocycles. The zero-order valence-electron chi connectivity index (χ0n) is 23.6. The van der Waals surface area contributed by atoms with Gasteiger partial charge in [-0.1, -0.05) is 26.8 Å². The number of pyridine rings is 1. The van der Waals surface area contributed by atoms with Crippen molar-refractivity contribution in [3.63, 3.8) is 0 Å². The van der Waals surface area contributed by atoms with Gasteiger partial charge in [0.05, 0.1) is 36.1 Å². The molecule has 0 unspecified atom stereocenters. The van der Waals surface area contributed by atoms with Gasteiger partial charge in [-0.15, -0.1) is 5.53 Å². The van der Waals surface area contributed by atoms with Gasteiger partial charge in [0.15, 0.2) is 5.75 Å². The second kappa shape index (κ2) is 11.1. The average Bonchev–Trinajstić information content (AvgIpc) is 3.37. The van der Waals surface area contributed by atoms with E-state index in [2.05, 4.69) is 31.3 Å². The molecule has 1 aliphatic rings. The van der Waals surface area contributed by atoms with Crippen molar-refractivity contribution in [2.75, 3.05) is 40.8 Å². The molecule has 0 atom stereocenters. The van der Waals surface area contributed by atoms with E-state index in [1.54, 1.807) is 35.5 Å². The van der Waals surface area contributed by atoms with Crippen molar-refractivity contribution in [2.45, 2.75) is 33.1 Å². The number of sulfonamides is 1. The van der Waals surface area contributed by atoms with Gasteiger partial charge in [-0.25, -0.2) is 13.4 Å². The molecule has 0 saturated heterocycles. The first kappa shape index (κ1) is 28.7. The average molecular weight is 566 g/mol. The van der Waals surface area contributed by atoms with Crippen LogP contribution in [0.25, 0.3) is 5.70 Å². The van der Waals surface area contributed by atoms with E-state index in [9.17, 15) is 13.2 Å². The molecule has 4 rings (SSSR count). The number of benzene rings is 2. The van der Waals surface area contributed by atoms with Gasteiger partial charge in [-0.2, -0.15) is 0 Å². The summed E-state index contributed by atoms with van der Waals surface area (Å²) < 4.78 is 32.1. The van der Waals surface area contributed by atoms with Crippen molar-refractivity contribution in [3.05, 3.63) is 77.1 Å². The van der Waals surface area contributed by atoms with Crippen molar-refractivity contribution in [2.24, 2.45) is 0 Å². The van der Waals surface area contributed by atoms with E-state index in [1.807, 2.05) is 59.1 Å². The fraction of sp³-hybridized carbons (Fsp3) is 0.286. The van der Waals surface area contributed by atoms with E-state index >= 15 is 0 Å². The van der Waals surface area contributed by atoms with E-state index in [-0.39, 0.29) is 22.8 Å². The minimum absolute atomic E-state index is 0.218. The largest absolute Gasteiger partial charge is 0.492 e. The minimum atomic E-state index is -3.59. The third kappa shape index (κ3) is 6.46. The second-order valence-electron chi connectivity index (χ2n) is 10.5. The fourth-order valence-electron chi connectivity index (χ4n) is 4.15. The number of carbonyl (C=O) groups excluding carboxylic acids is 1. The van der Waals surface area contributed by atoms with Crippen LogP contribution in [0, 0.1) is 6.92 Å². The Bertz CT molecular complexity index is 1560. The standard InChI is InChI=1S/C28H35N7O4S/c1-17-8-9-18(12-24(17)35-16-23(32-34-35)19-10-11-25(29-5)30-15-19)27(36)31-21-13-20(28(2,3)4)14-22(26(21)39-6)33-40(7,37)38/h8-16,32-34H,1-7H3,(H,29,30)(H,31,36). The van der Waals surface area contributed by atoms with Crippen LogP contribution < -0.4 is 36.1 Å². The first-order valence-corrected chi connectivity index (χ1v) is 14.5. The summed E-state index contributed by atoms with van der Waals surface area (Å²) in [7, 11) is -0.351.